The van der Waals surface area contributed by atoms with Crippen LogP contribution in [-0.2, 0) is 4.79 Å². The molecule has 2 aromatic rings. The molecule has 2 aromatic carbocycles. The summed E-state index contributed by atoms with van der Waals surface area (Å²) in [4.78, 5) is 23.8. The van der Waals surface area contributed by atoms with E-state index < -0.39 is 11.9 Å². The second kappa shape index (κ2) is 9.94. The molecule has 0 saturated carbocycles. The Morgan fingerprint density at radius 1 is 1.18 bits per heavy atom. The van der Waals surface area contributed by atoms with E-state index in [0.29, 0.717) is 29.4 Å². The molecular formula is C20H22N4O4. The molecule has 0 bridgehead atoms. The van der Waals surface area contributed by atoms with Crippen molar-refractivity contribution in [1.82, 2.24) is 10.9 Å². The van der Waals surface area contributed by atoms with E-state index in [1.54, 1.807) is 43.3 Å². The van der Waals surface area contributed by atoms with Crippen molar-refractivity contribution in [3.05, 3.63) is 53.6 Å². The number of rotatable bonds is 8. The van der Waals surface area contributed by atoms with Gasteiger partial charge in [0.15, 0.2) is 0 Å². The molecule has 0 unspecified atom stereocenters. The molecule has 0 fully saturated rings. The number of amides is 2. The standard InChI is InChI=1S/C20H22N4O4/c1-4-28-19-11-14(22-13(2)25)9-10-16(19)20(26)24-23-17(12-21)15-7-5-6-8-18(15)27-3/h5-11,17,23H,4H2,1-3H3,(H,22,25)(H,24,26)/t17-/m0/s1. The van der Waals surface area contributed by atoms with Crippen LogP contribution in [-0.4, -0.2) is 25.5 Å². The highest BCUT2D eigenvalue weighted by Crippen LogP contribution is 2.25. The quantitative estimate of drug-likeness (QED) is 0.605. The minimum atomic E-state index is -0.811. The number of benzene rings is 2. The number of hydrogen-bond donors (Lipinski definition) is 3. The summed E-state index contributed by atoms with van der Waals surface area (Å²) in [7, 11) is 1.51. The molecule has 0 spiro atoms. The van der Waals surface area contributed by atoms with E-state index in [1.165, 1.54) is 20.1 Å². The second-order valence-electron chi connectivity index (χ2n) is 5.73. The first-order valence-corrected chi connectivity index (χ1v) is 8.63. The second-order valence-corrected chi connectivity index (χ2v) is 5.73. The third kappa shape index (κ3) is 5.22. The van der Waals surface area contributed by atoms with Crippen LogP contribution >= 0.6 is 0 Å². The third-order valence-electron chi connectivity index (χ3n) is 3.76. The molecule has 146 valence electrons. The number of carbonyl (C=O) groups excluding carboxylic acids is 2. The molecular weight excluding hydrogens is 360 g/mol. The van der Waals surface area contributed by atoms with Gasteiger partial charge < -0.3 is 14.8 Å². The number of carbonyl (C=O) groups is 2. The molecule has 3 N–H and O–H groups in total. The van der Waals surface area contributed by atoms with Crippen LogP contribution in [0.2, 0.25) is 0 Å². The highest BCUT2D eigenvalue weighted by atomic mass is 16.5. The molecule has 0 heterocycles. The molecule has 1 atom stereocenters. The molecule has 8 nitrogen and oxygen atoms in total. The van der Waals surface area contributed by atoms with Crippen LogP contribution in [0.25, 0.3) is 0 Å². The topological polar surface area (TPSA) is 112 Å². The van der Waals surface area contributed by atoms with E-state index >= 15 is 0 Å². The summed E-state index contributed by atoms with van der Waals surface area (Å²) >= 11 is 0. The molecule has 0 aliphatic rings. The largest absolute Gasteiger partial charge is 0.496 e. The van der Waals surface area contributed by atoms with E-state index in [2.05, 4.69) is 22.2 Å². The molecule has 8 heteroatoms. The van der Waals surface area contributed by atoms with Gasteiger partial charge in [0.05, 0.1) is 25.3 Å². The summed E-state index contributed by atoms with van der Waals surface area (Å²) in [5, 5.41) is 12.1. The Hall–Kier alpha value is -3.57. The molecule has 28 heavy (non-hydrogen) atoms. The summed E-state index contributed by atoms with van der Waals surface area (Å²) in [5.41, 5.74) is 6.61. The minimum absolute atomic E-state index is 0.227. The molecule has 0 aliphatic heterocycles. The average Bonchev–Trinajstić information content (AvgIpc) is 2.68. The van der Waals surface area contributed by atoms with Crippen molar-refractivity contribution >= 4 is 17.5 Å². The lowest BCUT2D eigenvalue weighted by atomic mass is 10.1. The van der Waals surface area contributed by atoms with Gasteiger partial charge in [0.1, 0.15) is 17.5 Å². The Labute approximate surface area is 163 Å². The molecule has 0 radical (unpaired) electrons. The Morgan fingerprint density at radius 2 is 1.93 bits per heavy atom. The van der Waals surface area contributed by atoms with Crippen molar-refractivity contribution in [3.8, 4) is 17.6 Å². The van der Waals surface area contributed by atoms with Gasteiger partial charge >= 0.3 is 0 Å². The van der Waals surface area contributed by atoms with Gasteiger partial charge in [-0.3, -0.25) is 15.0 Å². The smallest absolute Gasteiger partial charge is 0.269 e. The van der Waals surface area contributed by atoms with Crippen molar-refractivity contribution in [2.75, 3.05) is 19.0 Å². The first-order valence-electron chi connectivity index (χ1n) is 8.63. The zero-order chi connectivity index (χ0) is 20.5. The van der Waals surface area contributed by atoms with Gasteiger partial charge in [-0.2, -0.15) is 5.26 Å². The van der Waals surface area contributed by atoms with E-state index in [9.17, 15) is 14.9 Å². The summed E-state index contributed by atoms with van der Waals surface area (Å²) in [6.07, 6.45) is 0. The van der Waals surface area contributed by atoms with Gasteiger partial charge in [-0.1, -0.05) is 18.2 Å². The molecule has 0 aliphatic carbocycles. The summed E-state index contributed by atoms with van der Waals surface area (Å²) in [5.74, 6) is 0.146. The van der Waals surface area contributed by atoms with Gasteiger partial charge in [0, 0.05) is 24.2 Å². The van der Waals surface area contributed by atoms with Crippen LogP contribution in [0.1, 0.15) is 35.8 Å². The maximum absolute atomic E-state index is 12.6. The Bertz CT molecular complexity index is 892. The molecule has 0 aromatic heterocycles. The fourth-order valence-electron chi connectivity index (χ4n) is 2.56. The normalized spacial score (nSPS) is 11.1. The fraction of sp³-hybridized carbons (Fsp3) is 0.250. The van der Waals surface area contributed by atoms with Crippen LogP contribution in [0, 0.1) is 11.3 Å². The van der Waals surface area contributed by atoms with Crippen LogP contribution in [0.15, 0.2) is 42.5 Å². The Morgan fingerprint density at radius 3 is 2.57 bits per heavy atom. The number of anilines is 1. The van der Waals surface area contributed by atoms with Crippen LogP contribution in [0.3, 0.4) is 0 Å². The lowest BCUT2D eigenvalue weighted by Crippen LogP contribution is -2.39. The molecule has 2 rings (SSSR count). The predicted octanol–water partition coefficient (Wildman–Crippen LogP) is 2.55. The predicted molar refractivity (Wildman–Crippen MR) is 104 cm³/mol. The average molecular weight is 382 g/mol. The van der Waals surface area contributed by atoms with Gasteiger partial charge in [-0.25, -0.2) is 5.43 Å². The molecule has 0 saturated heterocycles. The monoisotopic (exact) mass is 382 g/mol. The third-order valence-corrected chi connectivity index (χ3v) is 3.76. The highest BCUT2D eigenvalue weighted by molar-refractivity contribution is 5.98. The van der Waals surface area contributed by atoms with E-state index in [-0.39, 0.29) is 11.5 Å². The lowest BCUT2D eigenvalue weighted by Gasteiger charge is -2.17. The van der Waals surface area contributed by atoms with Gasteiger partial charge in [0.25, 0.3) is 5.91 Å². The zero-order valence-electron chi connectivity index (χ0n) is 15.9. The first-order chi connectivity index (χ1) is 13.5. The Kier molecular flexibility index (Phi) is 7.37. The van der Waals surface area contributed by atoms with E-state index in [0.717, 1.165) is 0 Å². The van der Waals surface area contributed by atoms with Crippen molar-refractivity contribution in [1.29, 1.82) is 5.26 Å². The van der Waals surface area contributed by atoms with Crippen LogP contribution in [0.5, 0.6) is 11.5 Å². The summed E-state index contributed by atoms with van der Waals surface area (Å²) in [6.45, 7) is 3.53. The van der Waals surface area contributed by atoms with Gasteiger partial charge in [0.2, 0.25) is 5.91 Å². The molecule has 2 amide bonds. The number of nitrogens with zero attached hydrogens (tertiary/aromatic N) is 1. The number of ether oxygens (including phenoxy) is 2. The van der Waals surface area contributed by atoms with Gasteiger partial charge in [-0.05, 0) is 25.1 Å². The number of hydrazine groups is 1. The summed E-state index contributed by atoms with van der Waals surface area (Å²) in [6, 6.07) is 13.0. The maximum atomic E-state index is 12.6. The van der Waals surface area contributed by atoms with Crippen molar-refractivity contribution < 1.29 is 19.1 Å². The van der Waals surface area contributed by atoms with E-state index in [1.807, 2.05) is 0 Å². The van der Waals surface area contributed by atoms with Crippen molar-refractivity contribution in [2.24, 2.45) is 0 Å². The minimum Gasteiger partial charge on any atom is -0.496 e. The summed E-state index contributed by atoms with van der Waals surface area (Å²) < 4.78 is 10.8. The SMILES string of the molecule is CCOc1cc(NC(C)=O)ccc1C(=O)NN[C@@H](C#N)c1ccccc1OC. The Balaban J connectivity index is 2.17. The van der Waals surface area contributed by atoms with Gasteiger partial charge in [-0.15, -0.1) is 0 Å². The number of methoxy groups -OCH3 is 1. The number of nitriles is 1. The number of para-hydroxylation sites is 1. The van der Waals surface area contributed by atoms with Crippen molar-refractivity contribution in [2.45, 2.75) is 19.9 Å². The van der Waals surface area contributed by atoms with Crippen LogP contribution in [0.4, 0.5) is 5.69 Å². The van der Waals surface area contributed by atoms with Crippen molar-refractivity contribution in [3.63, 3.8) is 0 Å². The fourth-order valence-corrected chi connectivity index (χ4v) is 2.56. The first kappa shape index (κ1) is 20.7. The highest BCUT2D eigenvalue weighted by Gasteiger charge is 2.18. The van der Waals surface area contributed by atoms with Crippen LogP contribution < -0.4 is 25.6 Å². The zero-order valence-corrected chi connectivity index (χ0v) is 15.9. The number of nitrogens with one attached hydrogen (secondary N) is 3. The van der Waals surface area contributed by atoms with E-state index in [4.69, 9.17) is 9.47 Å². The lowest BCUT2D eigenvalue weighted by molar-refractivity contribution is -0.114. The maximum Gasteiger partial charge on any atom is 0.269 e. The number of hydrogen-bond acceptors (Lipinski definition) is 6.